The van der Waals surface area contributed by atoms with Crippen molar-refractivity contribution in [1.29, 1.82) is 0 Å². The SMILES string of the molecule is CCC(=O)NC(=S)Nc1ccc(NC(=O)C=Cc2cc(Br)cc(Br)c2OC)cc1. The van der Waals surface area contributed by atoms with Gasteiger partial charge in [0, 0.05) is 33.9 Å². The van der Waals surface area contributed by atoms with Crippen molar-refractivity contribution in [2.24, 2.45) is 0 Å². The van der Waals surface area contributed by atoms with Crippen LogP contribution < -0.4 is 20.7 Å². The first-order valence-corrected chi connectivity index (χ1v) is 10.5. The van der Waals surface area contributed by atoms with E-state index < -0.39 is 0 Å². The Kier molecular flexibility index (Phi) is 8.81. The Morgan fingerprint density at radius 2 is 1.72 bits per heavy atom. The molecule has 0 aromatic heterocycles. The highest BCUT2D eigenvalue weighted by Gasteiger charge is 2.08. The van der Waals surface area contributed by atoms with Crippen molar-refractivity contribution in [2.75, 3.05) is 17.7 Å². The lowest BCUT2D eigenvalue weighted by Crippen LogP contribution is -2.33. The third-order valence-electron chi connectivity index (χ3n) is 3.64. The number of halogens is 2. The van der Waals surface area contributed by atoms with Gasteiger partial charge in [0.05, 0.1) is 11.6 Å². The van der Waals surface area contributed by atoms with Crippen LogP contribution in [0.1, 0.15) is 18.9 Å². The molecule has 0 saturated heterocycles. The topological polar surface area (TPSA) is 79.5 Å². The number of carbonyl (C=O) groups excluding carboxylic acids is 2. The quantitative estimate of drug-likeness (QED) is 0.351. The Labute approximate surface area is 191 Å². The molecule has 2 aromatic carbocycles. The molecule has 152 valence electrons. The summed E-state index contributed by atoms with van der Waals surface area (Å²) >= 11 is 11.9. The summed E-state index contributed by atoms with van der Waals surface area (Å²) < 4.78 is 7.01. The highest BCUT2D eigenvalue weighted by atomic mass is 79.9. The number of nitrogens with one attached hydrogen (secondary N) is 3. The fourth-order valence-electron chi connectivity index (χ4n) is 2.28. The molecule has 0 saturated carbocycles. The molecule has 0 unspecified atom stereocenters. The average Bonchev–Trinajstić information content (AvgIpc) is 2.67. The molecule has 0 spiro atoms. The molecule has 0 heterocycles. The summed E-state index contributed by atoms with van der Waals surface area (Å²) in [7, 11) is 1.57. The number of carbonyl (C=O) groups is 2. The highest BCUT2D eigenvalue weighted by molar-refractivity contribution is 9.11. The van der Waals surface area contributed by atoms with Gasteiger partial charge in [0.25, 0.3) is 0 Å². The van der Waals surface area contributed by atoms with Gasteiger partial charge in [-0.2, -0.15) is 0 Å². The smallest absolute Gasteiger partial charge is 0.248 e. The van der Waals surface area contributed by atoms with Gasteiger partial charge >= 0.3 is 0 Å². The molecule has 9 heteroatoms. The van der Waals surface area contributed by atoms with E-state index >= 15 is 0 Å². The van der Waals surface area contributed by atoms with Gasteiger partial charge in [-0.1, -0.05) is 22.9 Å². The van der Waals surface area contributed by atoms with Crippen LogP contribution in [0, 0.1) is 0 Å². The number of anilines is 2. The van der Waals surface area contributed by atoms with E-state index in [0.29, 0.717) is 23.5 Å². The fourth-order valence-corrected chi connectivity index (χ4v) is 3.93. The van der Waals surface area contributed by atoms with Crippen LogP contribution in [0.2, 0.25) is 0 Å². The van der Waals surface area contributed by atoms with E-state index in [1.165, 1.54) is 6.08 Å². The number of thiocarbonyl (C=S) groups is 1. The molecule has 6 nitrogen and oxygen atoms in total. The molecule has 0 bridgehead atoms. The third kappa shape index (κ3) is 7.26. The van der Waals surface area contributed by atoms with Crippen molar-refractivity contribution in [3.63, 3.8) is 0 Å². The monoisotopic (exact) mass is 539 g/mol. The standard InChI is InChI=1S/C20H19Br2N3O3S/c1-3-17(26)25-20(29)24-15-7-5-14(6-8-15)23-18(27)9-4-12-10-13(21)11-16(22)19(12)28-2/h4-11H,3H2,1-2H3,(H,23,27)(H2,24,25,26,29). The molecule has 0 radical (unpaired) electrons. The molecule has 2 rings (SSSR count). The van der Waals surface area contributed by atoms with Gasteiger partial charge in [-0.3, -0.25) is 9.59 Å². The molecule has 2 aromatic rings. The molecule has 0 fully saturated rings. The van der Waals surface area contributed by atoms with Gasteiger partial charge in [-0.25, -0.2) is 0 Å². The zero-order valence-corrected chi connectivity index (χ0v) is 19.7. The van der Waals surface area contributed by atoms with Crippen LogP contribution in [-0.4, -0.2) is 24.0 Å². The Morgan fingerprint density at radius 3 is 2.31 bits per heavy atom. The number of rotatable bonds is 6. The Balaban J connectivity index is 1.98. The Bertz CT molecular complexity index is 947. The second-order valence-electron chi connectivity index (χ2n) is 5.77. The minimum Gasteiger partial charge on any atom is -0.495 e. The summed E-state index contributed by atoms with van der Waals surface area (Å²) in [4.78, 5) is 23.6. The number of benzene rings is 2. The van der Waals surface area contributed by atoms with E-state index in [1.807, 2.05) is 12.1 Å². The van der Waals surface area contributed by atoms with E-state index in [2.05, 4.69) is 47.8 Å². The van der Waals surface area contributed by atoms with Crippen molar-refractivity contribution < 1.29 is 14.3 Å². The lowest BCUT2D eigenvalue weighted by molar-refractivity contribution is -0.119. The normalized spacial score (nSPS) is 10.5. The van der Waals surface area contributed by atoms with Crippen LogP contribution in [0.5, 0.6) is 5.75 Å². The molecule has 3 N–H and O–H groups in total. The van der Waals surface area contributed by atoms with Gasteiger partial charge in [-0.15, -0.1) is 0 Å². The summed E-state index contributed by atoms with van der Waals surface area (Å²) in [6, 6.07) is 10.7. The summed E-state index contributed by atoms with van der Waals surface area (Å²) in [6.07, 6.45) is 3.45. The first-order chi connectivity index (χ1) is 13.8. The number of methoxy groups -OCH3 is 1. The van der Waals surface area contributed by atoms with Crippen molar-refractivity contribution in [3.05, 3.63) is 57.0 Å². The first-order valence-electron chi connectivity index (χ1n) is 8.55. The molecular formula is C20H19Br2N3O3S. The van der Waals surface area contributed by atoms with Crippen molar-refractivity contribution in [2.45, 2.75) is 13.3 Å². The number of amides is 2. The summed E-state index contributed by atoms with van der Waals surface area (Å²) in [5.41, 5.74) is 2.07. The van der Waals surface area contributed by atoms with Crippen LogP contribution in [0.25, 0.3) is 6.08 Å². The fraction of sp³-hybridized carbons (Fsp3) is 0.150. The minimum absolute atomic E-state index is 0.160. The maximum absolute atomic E-state index is 12.2. The molecular weight excluding hydrogens is 522 g/mol. The highest BCUT2D eigenvalue weighted by Crippen LogP contribution is 2.33. The van der Waals surface area contributed by atoms with Gasteiger partial charge in [0.2, 0.25) is 11.8 Å². The third-order valence-corrected chi connectivity index (χ3v) is 4.89. The van der Waals surface area contributed by atoms with Gasteiger partial charge in [-0.05, 0) is 70.6 Å². The predicted molar refractivity (Wildman–Crippen MR) is 127 cm³/mol. The van der Waals surface area contributed by atoms with Crippen LogP contribution in [0.3, 0.4) is 0 Å². The summed E-state index contributed by atoms with van der Waals surface area (Å²) in [6.45, 7) is 1.75. The minimum atomic E-state index is -0.283. The Morgan fingerprint density at radius 1 is 1.10 bits per heavy atom. The lowest BCUT2D eigenvalue weighted by atomic mass is 10.2. The average molecular weight is 541 g/mol. The zero-order valence-electron chi connectivity index (χ0n) is 15.7. The van der Waals surface area contributed by atoms with Gasteiger partial charge < -0.3 is 20.7 Å². The number of hydrogen-bond donors (Lipinski definition) is 3. The number of ether oxygens (including phenoxy) is 1. The predicted octanol–water partition coefficient (Wildman–Crippen LogP) is 5.10. The van der Waals surface area contributed by atoms with Crippen LogP contribution in [0.4, 0.5) is 11.4 Å². The largest absolute Gasteiger partial charge is 0.495 e. The molecule has 0 atom stereocenters. The van der Waals surface area contributed by atoms with E-state index in [4.69, 9.17) is 17.0 Å². The van der Waals surface area contributed by atoms with Gasteiger partial charge in [0.15, 0.2) is 5.11 Å². The molecule has 0 aliphatic rings. The van der Waals surface area contributed by atoms with E-state index in [0.717, 1.165) is 14.5 Å². The van der Waals surface area contributed by atoms with E-state index in [-0.39, 0.29) is 16.9 Å². The second-order valence-corrected chi connectivity index (χ2v) is 7.94. The number of hydrogen-bond acceptors (Lipinski definition) is 4. The molecule has 0 aliphatic heterocycles. The van der Waals surface area contributed by atoms with Gasteiger partial charge in [0.1, 0.15) is 5.75 Å². The summed E-state index contributed by atoms with van der Waals surface area (Å²) in [5, 5.41) is 8.48. The van der Waals surface area contributed by atoms with E-state index in [9.17, 15) is 9.59 Å². The summed E-state index contributed by atoms with van der Waals surface area (Å²) in [5.74, 6) is 0.195. The second kappa shape index (κ2) is 11.1. The van der Waals surface area contributed by atoms with Crippen molar-refractivity contribution in [3.8, 4) is 5.75 Å². The van der Waals surface area contributed by atoms with Crippen molar-refractivity contribution in [1.82, 2.24) is 5.32 Å². The molecule has 0 aliphatic carbocycles. The van der Waals surface area contributed by atoms with E-state index in [1.54, 1.807) is 44.4 Å². The lowest BCUT2D eigenvalue weighted by Gasteiger charge is -2.10. The Hall–Kier alpha value is -2.23. The maximum atomic E-state index is 12.2. The first kappa shape index (κ1) is 23.1. The maximum Gasteiger partial charge on any atom is 0.248 e. The molecule has 29 heavy (non-hydrogen) atoms. The van der Waals surface area contributed by atoms with Crippen LogP contribution in [0.15, 0.2) is 51.4 Å². The van der Waals surface area contributed by atoms with Crippen LogP contribution in [-0.2, 0) is 9.59 Å². The molecule has 2 amide bonds. The zero-order chi connectivity index (χ0) is 21.4. The van der Waals surface area contributed by atoms with Crippen molar-refractivity contribution >= 4 is 78.5 Å². The van der Waals surface area contributed by atoms with Crippen LogP contribution >= 0.6 is 44.1 Å².